The van der Waals surface area contributed by atoms with Crippen LogP contribution in [0.3, 0.4) is 0 Å². The molecule has 0 amide bonds. The Morgan fingerprint density at radius 1 is 1.18 bits per heavy atom. The van der Waals surface area contributed by atoms with E-state index in [-0.39, 0.29) is 0 Å². The Bertz CT molecular complexity index is 426. The first-order chi connectivity index (χ1) is 8.04. The number of carbonyl (C=O) groups excluding carboxylic acids is 2. The Morgan fingerprint density at radius 2 is 1.71 bits per heavy atom. The highest BCUT2D eigenvalue weighted by Crippen LogP contribution is 2.03. The van der Waals surface area contributed by atoms with Crippen molar-refractivity contribution in [2.75, 3.05) is 0 Å². The molecular weight excluding hydrogens is 236 g/mol. The molecule has 4 nitrogen and oxygen atoms in total. The van der Waals surface area contributed by atoms with E-state index in [1.807, 2.05) is 12.1 Å². The lowest BCUT2D eigenvalue weighted by Crippen LogP contribution is -2.41. The van der Waals surface area contributed by atoms with Gasteiger partial charge in [-0.25, -0.2) is 0 Å². The van der Waals surface area contributed by atoms with Crippen molar-refractivity contribution in [1.29, 1.82) is 0 Å². The van der Waals surface area contributed by atoms with Crippen LogP contribution < -0.4 is 5.19 Å². The van der Waals surface area contributed by atoms with Gasteiger partial charge in [-0.15, -0.1) is 0 Å². The van der Waals surface area contributed by atoms with Gasteiger partial charge in [-0.3, -0.25) is 9.59 Å². The lowest BCUT2D eigenvalue weighted by atomic mass is 10.2. The summed E-state index contributed by atoms with van der Waals surface area (Å²) in [6.45, 7) is 6.26. The van der Waals surface area contributed by atoms with Gasteiger partial charge in [0.1, 0.15) is 0 Å². The standard InChI is InChI=1S/C12H14O4Si/c1-4-11-7-5-6-8-12(11)17(15-9(2)13)16-10(3)14/h4-8,17H,1H2,2-3H3. The molecule has 0 saturated heterocycles. The van der Waals surface area contributed by atoms with Crippen LogP contribution in [-0.2, 0) is 18.4 Å². The van der Waals surface area contributed by atoms with Gasteiger partial charge in [0, 0.05) is 19.0 Å². The van der Waals surface area contributed by atoms with Gasteiger partial charge in [0.25, 0.3) is 11.9 Å². The van der Waals surface area contributed by atoms with Crippen molar-refractivity contribution < 1.29 is 18.4 Å². The summed E-state index contributed by atoms with van der Waals surface area (Å²) >= 11 is 0. The van der Waals surface area contributed by atoms with Gasteiger partial charge in [0.05, 0.1) is 0 Å². The Labute approximate surface area is 102 Å². The zero-order valence-corrected chi connectivity index (χ0v) is 11.0. The lowest BCUT2D eigenvalue weighted by Gasteiger charge is -2.16. The Balaban J connectivity index is 3.06. The first-order valence-corrected chi connectivity index (χ1v) is 6.62. The second kappa shape index (κ2) is 6.00. The van der Waals surface area contributed by atoms with Crippen LogP contribution in [0.25, 0.3) is 6.08 Å². The van der Waals surface area contributed by atoms with E-state index in [1.165, 1.54) is 13.8 Å². The molecule has 0 aromatic heterocycles. The average Bonchev–Trinajstić information content (AvgIpc) is 2.27. The Morgan fingerprint density at radius 3 is 2.18 bits per heavy atom. The fourth-order valence-corrected chi connectivity index (χ4v) is 3.02. The van der Waals surface area contributed by atoms with Crippen LogP contribution in [0.15, 0.2) is 30.8 Å². The maximum atomic E-state index is 11.0. The predicted octanol–water partition coefficient (Wildman–Crippen LogP) is 0.883. The molecule has 0 radical (unpaired) electrons. The van der Waals surface area contributed by atoms with E-state index in [4.69, 9.17) is 8.85 Å². The third-order valence-electron chi connectivity index (χ3n) is 2.02. The molecule has 90 valence electrons. The van der Waals surface area contributed by atoms with E-state index in [0.29, 0.717) is 0 Å². The van der Waals surface area contributed by atoms with E-state index >= 15 is 0 Å². The zero-order chi connectivity index (χ0) is 12.8. The van der Waals surface area contributed by atoms with E-state index < -0.39 is 21.2 Å². The summed E-state index contributed by atoms with van der Waals surface area (Å²) in [5.74, 6) is -0.913. The molecular formula is C12H14O4Si. The highest BCUT2D eigenvalue weighted by molar-refractivity contribution is 6.65. The van der Waals surface area contributed by atoms with Gasteiger partial charge in [-0.05, 0) is 5.56 Å². The van der Waals surface area contributed by atoms with Gasteiger partial charge in [0.15, 0.2) is 0 Å². The van der Waals surface area contributed by atoms with E-state index in [0.717, 1.165) is 10.8 Å². The highest BCUT2D eigenvalue weighted by Gasteiger charge is 2.24. The van der Waals surface area contributed by atoms with Crippen molar-refractivity contribution in [2.24, 2.45) is 0 Å². The van der Waals surface area contributed by atoms with Crippen LogP contribution >= 0.6 is 0 Å². The van der Waals surface area contributed by atoms with Gasteiger partial charge in [-0.1, -0.05) is 36.9 Å². The lowest BCUT2D eigenvalue weighted by molar-refractivity contribution is -0.137. The van der Waals surface area contributed by atoms with Gasteiger partial charge >= 0.3 is 9.28 Å². The van der Waals surface area contributed by atoms with Crippen molar-refractivity contribution in [3.8, 4) is 0 Å². The number of benzene rings is 1. The van der Waals surface area contributed by atoms with Crippen molar-refractivity contribution in [3.63, 3.8) is 0 Å². The number of hydrogen-bond donors (Lipinski definition) is 0. The van der Waals surface area contributed by atoms with Crippen molar-refractivity contribution in [2.45, 2.75) is 13.8 Å². The van der Waals surface area contributed by atoms with E-state index in [2.05, 4.69) is 6.58 Å². The molecule has 0 heterocycles. The molecule has 0 aliphatic heterocycles. The zero-order valence-electron chi connectivity index (χ0n) is 9.80. The van der Waals surface area contributed by atoms with Crippen molar-refractivity contribution >= 4 is 32.5 Å². The molecule has 5 heteroatoms. The summed E-state index contributed by atoms with van der Waals surface area (Å²) in [6, 6.07) is 7.25. The van der Waals surface area contributed by atoms with Crippen molar-refractivity contribution in [1.82, 2.24) is 0 Å². The molecule has 1 rings (SSSR count). The monoisotopic (exact) mass is 250 g/mol. The fourth-order valence-electron chi connectivity index (χ4n) is 1.36. The van der Waals surface area contributed by atoms with Crippen molar-refractivity contribution in [3.05, 3.63) is 36.4 Å². The van der Waals surface area contributed by atoms with Crippen LogP contribution in [0.4, 0.5) is 0 Å². The second-order valence-electron chi connectivity index (χ2n) is 3.38. The molecule has 1 aromatic rings. The average molecular weight is 250 g/mol. The molecule has 0 aliphatic rings. The summed E-state index contributed by atoms with van der Waals surface area (Å²) in [5.41, 5.74) is 0.812. The van der Waals surface area contributed by atoms with Crippen LogP contribution in [0.2, 0.25) is 0 Å². The first-order valence-electron chi connectivity index (χ1n) is 5.10. The van der Waals surface area contributed by atoms with Gasteiger partial charge < -0.3 is 8.85 Å². The summed E-state index contributed by atoms with van der Waals surface area (Å²) in [5, 5.41) is 0.730. The number of carbonyl (C=O) groups is 2. The van der Waals surface area contributed by atoms with Gasteiger partial charge in [-0.2, -0.15) is 0 Å². The largest absolute Gasteiger partial charge is 0.484 e. The molecule has 0 aliphatic carbocycles. The fraction of sp³-hybridized carbons (Fsp3) is 0.167. The van der Waals surface area contributed by atoms with Gasteiger partial charge in [0.2, 0.25) is 0 Å². The SMILES string of the molecule is C=Cc1ccccc1[SiH](OC(C)=O)OC(C)=O. The molecule has 17 heavy (non-hydrogen) atoms. The summed E-state index contributed by atoms with van der Waals surface area (Å²) in [6.07, 6.45) is 1.64. The van der Waals surface area contributed by atoms with Crippen LogP contribution in [0.1, 0.15) is 19.4 Å². The molecule has 0 saturated carbocycles. The first kappa shape index (κ1) is 13.2. The summed E-state index contributed by atoms with van der Waals surface area (Å²) in [7, 11) is -2.54. The Hall–Kier alpha value is -1.88. The van der Waals surface area contributed by atoms with Crippen LogP contribution in [0, 0.1) is 0 Å². The van der Waals surface area contributed by atoms with Crippen LogP contribution in [0.5, 0.6) is 0 Å². The molecule has 0 spiro atoms. The molecule has 0 atom stereocenters. The summed E-state index contributed by atoms with van der Waals surface area (Å²) < 4.78 is 10.2. The normalized spacial score (nSPS) is 9.82. The second-order valence-corrected chi connectivity index (χ2v) is 5.14. The minimum atomic E-state index is -2.54. The number of hydrogen-bond acceptors (Lipinski definition) is 4. The minimum absolute atomic E-state index is 0.457. The molecule has 1 aromatic carbocycles. The third-order valence-corrected chi connectivity index (χ3v) is 4.14. The quantitative estimate of drug-likeness (QED) is 0.745. The molecule has 0 bridgehead atoms. The minimum Gasteiger partial charge on any atom is -0.484 e. The third kappa shape index (κ3) is 3.88. The number of rotatable bonds is 4. The van der Waals surface area contributed by atoms with E-state index in [9.17, 15) is 9.59 Å². The molecule has 0 N–H and O–H groups in total. The Kier molecular flexibility index (Phi) is 4.65. The maximum absolute atomic E-state index is 11.0. The smallest absolute Gasteiger partial charge is 0.483 e. The topological polar surface area (TPSA) is 52.6 Å². The maximum Gasteiger partial charge on any atom is 0.483 e. The predicted molar refractivity (Wildman–Crippen MR) is 66.8 cm³/mol. The highest BCUT2D eigenvalue weighted by atomic mass is 28.3. The molecule has 0 fully saturated rings. The van der Waals surface area contributed by atoms with Crippen LogP contribution in [-0.4, -0.2) is 21.2 Å². The molecule has 0 unspecified atom stereocenters. The van der Waals surface area contributed by atoms with E-state index in [1.54, 1.807) is 18.2 Å². The summed E-state index contributed by atoms with van der Waals surface area (Å²) in [4.78, 5) is 22.0.